The fourth-order valence-electron chi connectivity index (χ4n) is 4.62. The van der Waals surface area contributed by atoms with Crippen LogP contribution in [-0.4, -0.2) is 0 Å². The highest BCUT2D eigenvalue weighted by Crippen LogP contribution is 2.43. The Kier molecular flexibility index (Phi) is 5.36. The van der Waals surface area contributed by atoms with Crippen molar-refractivity contribution < 1.29 is 2.85 Å². The SMILES string of the molecule is C=Cc1c(CC)cc2ccccc2c1-c1c(C=C)c(CCC)cc2ccccc12.[HH].[HH]. The van der Waals surface area contributed by atoms with E-state index in [9.17, 15) is 0 Å². The first-order valence-electron chi connectivity index (χ1n) is 10.6. The van der Waals surface area contributed by atoms with E-state index in [0.29, 0.717) is 0 Å². The van der Waals surface area contributed by atoms with Gasteiger partial charge in [-0.15, -0.1) is 0 Å². The first kappa shape index (κ1) is 19.2. The van der Waals surface area contributed by atoms with Crippen LogP contribution in [0, 0.1) is 0 Å². The summed E-state index contributed by atoms with van der Waals surface area (Å²) < 4.78 is 0. The molecule has 0 aliphatic heterocycles. The Morgan fingerprint density at radius 1 is 0.724 bits per heavy atom. The van der Waals surface area contributed by atoms with E-state index in [1.54, 1.807) is 0 Å². The van der Waals surface area contributed by atoms with Gasteiger partial charge in [-0.25, -0.2) is 0 Å². The summed E-state index contributed by atoms with van der Waals surface area (Å²) >= 11 is 0. The Balaban J connectivity index is 0.00000171. The van der Waals surface area contributed by atoms with Crippen LogP contribution >= 0.6 is 0 Å². The van der Waals surface area contributed by atoms with Crippen LogP contribution < -0.4 is 0 Å². The lowest BCUT2D eigenvalue weighted by molar-refractivity contribution is 0.922. The molecule has 0 nitrogen and oxygen atoms in total. The monoisotopic (exact) mass is 380 g/mol. The lowest BCUT2D eigenvalue weighted by atomic mass is 9.82. The maximum atomic E-state index is 4.22. The third-order valence-corrected chi connectivity index (χ3v) is 5.91. The molecule has 0 unspecified atom stereocenters. The van der Waals surface area contributed by atoms with Crippen LogP contribution in [0.25, 0.3) is 44.8 Å². The highest BCUT2D eigenvalue weighted by molar-refractivity contribution is 6.11. The van der Waals surface area contributed by atoms with E-state index in [0.717, 1.165) is 19.3 Å². The van der Waals surface area contributed by atoms with E-state index < -0.39 is 0 Å². The summed E-state index contributed by atoms with van der Waals surface area (Å²) in [6.07, 6.45) is 7.23. The zero-order chi connectivity index (χ0) is 20.4. The zero-order valence-corrected chi connectivity index (χ0v) is 17.5. The van der Waals surface area contributed by atoms with Crippen molar-refractivity contribution in [1.29, 1.82) is 0 Å². The smallest absolute Gasteiger partial charge is 0 e. The molecule has 0 fully saturated rings. The Hall–Kier alpha value is -3.12. The zero-order valence-electron chi connectivity index (χ0n) is 17.5. The molecule has 4 aromatic carbocycles. The molecule has 148 valence electrons. The summed E-state index contributed by atoms with van der Waals surface area (Å²) in [6, 6.07) is 22.1. The molecule has 0 aromatic heterocycles. The van der Waals surface area contributed by atoms with Crippen molar-refractivity contribution in [1.82, 2.24) is 0 Å². The van der Waals surface area contributed by atoms with Gasteiger partial charge in [0.1, 0.15) is 0 Å². The largest absolute Gasteiger partial charge is 0.0984 e. The van der Waals surface area contributed by atoms with Crippen molar-refractivity contribution in [3.8, 4) is 11.1 Å². The van der Waals surface area contributed by atoms with Gasteiger partial charge in [-0.3, -0.25) is 0 Å². The summed E-state index contributed by atoms with van der Waals surface area (Å²) in [4.78, 5) is 0. The maximum Gasteiger partial charge on any atom is 0 e. The van der Waals surface area contributed by atoms with Gasteiger partial charge < -0.3 is 0 Å². The third-order valence-electron chi connectivity index (χ3n) is 5.91. The minimum absolute atomic E-state index is 0. The van der Waals surface area contributed by atoms with Gasteiger partial charge in [0.05, 0.1) is 0 Å². The van der Waals surface area contributed by atoms with Gasteiger partial charge in [0.2, 0.25) is 0 Å². The van der Waals surface area contributed by atoms with E-state index in [-0.39, 0.29) is 2.85 Å². The minimum atomic E-state index is 0. The molecule has 29 heavy (non-hydrogen) atoms. The summed E-state index contributed by atoms with van der Waals surface area (Å²) in [6.45, 7) is 12.9. The van der Waals surface area contributed by atoms with Gasteiger partial charge in [-0.2, -0.15) is 0 Å². The second-order valence-corrected chi connectivity index (χ2v) is 7.60. The van der Waals surface area contributed by atoms with E-state index in [2.05, 4.69) is 87.7 Å². The van der Waals surface area contributed by atoms with Crippen LogP contribution in [0.4, 0.5) is 0 Å². The van der Waals surface area contributed by atoms with Gasteiger partial charge in [-0.1, -0.05) is 106 Å². The van der Waals surface area contributed by atoms with E-state index in [4.69, 9.17) is 0 Å². The number of hydrogen-bond donors (Lipinski definition) is 0. The second kappa shape index (κ2) is 8.09. The topological polar surface area (TPSA) is 0 Å². The van der Waals surface area contributed by atoms with Gasteiger partial charge in [0.15, 0.2) is 0 Å². The summed E-state index contributed by atoms with van der Waals surface area (Å²) in [7, 11) is 0. The molecule has 0 radical (unpaired) electrons. The summed E-state index contributed by atoms with van der Waals surface area (Å²) in [5.74, 6) is 0. The van der Waals surface area contributed by atoms with E-state index in [1.165, 1.54) is 54.9 Å². The number of fused-ring (bicyclic) bond motifs is 2. The lowest BCUT2D eigenvalue weighted by Crippen LogP contribution is -1.99. The highest BCUT2D eigenvalue weighted by Gasteiger charge is 2.19. The number of benzene rings is 4. The number of hydrogen-bond acceptors (Lipinski definition) is 0. The highest BCUT2D eigenvalue weighted by atomic mass is 14.2. The summed E-state index contributed by atoms with van der Waals surface area (Å²) in [5, 5.41) is 5.13. The number of rotatable bonds is 6. The Bertz CT molecular complexity index is 1230. The van der Waals surface area contributed by atoms with Crippen LogP contribution in [0.5, 0.6) is 0 Å². The molecule has 0 aliphatic rings. The van der Waals surface area contributed by atoms with Crippen LogP contribution in [0.15, 0.2) is 73.8 Å². The van der Waals surface area contributed by atoms with Crippen LogP contribution in [0.3, 0.4) is 0 Å². The van der Waals surface area contributed by atoms with Crippen LogP contribution in [-0.2, 0) is 12.8 Å². The van der Waals surface area contributed by atoms with E-state index >= 15 is 0 Å². The molecule has 0 saturated carbocycles. The van der Waals surface area contributed by atoms with Crippen molar-refractivity contribution in [2.45, 2.75) is 33.1 Å². The summed E-state index contributed by atoms with van der Waals surface area (Å²) in [5.41, 5.74) is 7.80. The predicted octanol–water partition coefficient (Wildman–Crippen LogP) is 8.95. The number of aryl methyl sites for hydroxylation is 2. The van der Waals surface area contributed by atoms with Crippen molar-refractivity contribution in [2.24, 2.45) is 0 Å². The third kappa shape index (κ3) is 3.19. The molecular weight excluding hydrogens is 348 g/mol. The maximum absolute atomic E-state index is 4.22. The molecule has 0 heterocycles. The first-order chi connectivity index (χ1) is 14.2. The quantitative estimate of drug-likeness (QED) is 0.313. The molecule has 0 saturated heterocycles. The molecule has 0 spiro atoms. The Morgan fingerprint density at radius 3 is 1.69 bits per heavy atom. The van der Waals surface area contributed by atoms with Crippen LogP contribution in [0.2, 0.25) is 0 Å². The Morgan fingerprint density at radius 2 is 1.21 bits per heavy atom. The average molecular weight is 381 g/mol. The molecule has 4 rings (SSSR count). The molecule has 0 atom stereocenters. The molecule has 0 N–H and O–H groups in total. The fourth-order valence-corrected chi connectivity index (χ4v) is 4.62. The van der Waals surface area contributed by atoms with Crippen LogP contribution in [0.1, 0.15) is 45.4 Å². The van der Waals surface area contributed by atoms with Gasteiger partial charge in [-0.05, 0) is 67.8 Å². The second-order valence-electron chi connectivity index (χ2n) is 7.60. The molecule has 0 heteroatoms. The van der Waals surface area contributed by atoms with E-state index in [1.807, 2.05) is 12.2 Å². The molecule has 0 bridgehead atoms. The van der Waals surface area contributed by atoms with Gasteiger partial charge in [0.25, 0.3) is 0 Å². The van der Waals surface area contributed by atoms with Crippen molar-refractivity contribution >= 4 is 33.7 Å². The standard InChI is InChI=1S/C29H28.2H2/c1-5-13-21-19-23-15-10-12-17-27(23)29(25(21)8-4)28-24(7-3)20(6-2)18-22-14-9-11-16-26(22)28;;/h7-12,14-19H,3-6,13H2,1-2H3;2*1H. The lowest BCUT2D eigenvalue weighted by Gasteiger charge is -2.21. The minimum Gasteiger partial charge on any atom is -0.0984 e. The molecular formula is C29H32. The Labute approximate surface area is 177 Å². The van der Waals surface area contributed by atoms with Gasteiger partial charge >= 0.3 is 0 Å². The normalized spacial score (nSPS) is 11.1. The predicted molar refractivity (Wildman–Crippen MR) is 135 cm³/mol. The molecule has 0 aliphatic carbocycles. The van der Waals surface area contributed by atoms with Gasteiger partial charge in [0, 0.05) is 2.85 Å². The molecule has 0 amide bonds. The fraction of sp³-hybridized carbons (Fsp3) is 0.172. The van der Waals surface area contributed by atoms with Crippen molar-refractivity contribution in [3.63, 3.8) is 0 Å². The van der Waals surface area contributed by atoms with Crippen molar-refractivity contribution in [2.75, 3.05) is 0 Å². The van der Waals surface area contributed by atoms with Crippen molar-refractivity contribution in [3.05, 3.63) is 96.1 Å². The molecule has 4 aromatic rings. The average Bonchev–Trinajstić information content (AvgIpc) is 2.77. The first-order valence-corrected chi connectivity index (χ1v) is 10.6.